The number of nitrogens with two attached hydrogens (primary N) is 1. The molecule has 0 radical (unpaired) electrons. The lowest BCUT2D eigenvalue weighted by Crippen LogP contribution is -1.96. The van der Waals surface area contributed by atoms with E-state index in [4.69, 9.17) is 15.2 Å². The van der Waals surface area contributed by atoms with Crippen molar-refractivity contribution in [1.82, 2.24) is 4.98 Å². The summed E-state index contributed by atoms with van der Waals surface area (Å²) >= 11 is 1.56. The molecule has 0 aliphatic rings. The van der Waals surface area contributed by atoms with Crippen LogP contribution >= 0.6 is 11.3 Å². The molecule has 0 atom stereocenters. The van der Waals surface area contributed by atoms with Crippen LogP contribution in [0.1, 0.15) is 11.9 Å². The predicted octanol–water partition coefficient (Wildman–Crippen LogP) is 2.68. The number of methoxy groups -OCH3 is 1. The highest BCUT2D eigenvalue weighted by molar-refractivity contribution is 7.09. The van der Waals surface area contributed by atoms with Gasteiger partial charge in [0.15, 0.2) is 11.5 Å². The normalized spacial score (nSPS) is 10.4. The Balaban J connectivity index is 2.34. The maximum absolute atomic E-state index is 5.56. The van der Waals surface area contributed by atoms with Crippen LogP contribution in [-0.4, -0.2) is 18.7 Å². The monoisotopic (exact) mass is 264 g/mol. The quantitative estimate of drug-likeness (QED) is 0.902. The molecule has 0 amide bonds. The molecule has 0 saturated heterocycles. The summed E-state index contributed by atoms with van der Waals surface area (Å²) in [7, 11) is 1.63. The van der Waals surface area contributed by atoms with Gasteiger partial charge in [-0.25, -0.2) is 4.98 Å². The highest BCUT2D eigenvalue weighted by atomic mass is 32.1. The zero-order valence-corrected chi connectivity index (χ0v) is 11.3. The van der Waals surface area contributed by atoms with Crippen molar-refractivity contribution in [3.8, 4) is 22.8 Å². The Morgan fingerprint density at radius 2 is 2.17 bits per heavy atom. The van der Waals surface area contributed by atoms with Gasteiger partial charge in [0.2, 0.25) is 0 Å². The summed E-state index contributed by atoms with van der Waals surface area (Å²) in [5.41, 5.74) is 7.49. The van der Waals surface area contributed by atoms with Crippen molar-refractivity contribution in [1.29, 1.82) is 0 Å². The maximum Gasteiger partial charge on any atom is 0.161 e. The van der Waals surface area contributed by atoms with Crippen molar-refractivity contribution in [2.75, 3.05) is 13.7 Å². The van der Waals surface area contributed by atoms with E-state index in [2.05, 4.69) is 4.98 Å². The molecule has 2 N–H and O–H groups in total. The van der Waals surface area contributed by atoms with E-state index in [9.17, 15) is 0 Å². The van der Waals surface area contributed by atoms with E-state index in [-0.39, 0.29) is 0 Å². The summed E-state index contributed by atoms with van der Waals surface area (Å²) < 4.78 is 10.8. The Morgan fingerprint density at radius 1 is 1.33 bits per heavy atom. The zero-order valence-electron chi connectivity index (χ0n) is 10.5. The van der Waals surface area contributed by atoms with Crippen LogP contribution in [0.3, 0.4) is 0 Å². The summed E-state index contributed by atoms with van der Waals surface area (Å²) in [5.74, 6) is 1.47. The second kappa shape index (κ2) is 5.84. The molecule has 0 bridgehead atoms. The number of thiazole rings is 1. The summed E-state index contributed by atoms with van der Waals surface area (Å²) in [4.78, 5) is 4.45. The fourth-order valence-corrected chi connectivity index (χ4v) is 2.32. The van der Waals surface area contributed by atoms with Crippen LogP contribution in [0.4, 0.5) is 0 Å². The maximum atomic E-state index is 5.56. The molecular formula is C13H16N2O2S. The van der Waals surface area contributed by atoms with Crippen LogP contribution in [0, 0.1) is 0 Å². The fourth-order valence-electron chi connectivity index (χ4n) is 1.64. The van der Waals surface area contributed by atoms with Crippen LogP contribution in [-0.2, 0) is 6.54 Å². The number of hydrogen-bond donors (Lipinski definition) is 1. The van der Waals surface area contributed by atoms with E-state index in [1.807, 2.05) is 30.5 Å². The van der Waals surface area contributed by atoms with Crippen molar-refractivity contribution in [3.05, 3.63) is 28.6 Å². The summed E-state index contributed by atoms with van der Waals surface area (Å²) in [6.07, 6.45) is 0. The first-order valence-corrected chi connectivity index (χ1v) is 6.62. The van der Waals surface area contributed by atoms with Gasteiger partial charge in [0.1, 0.15) is 5.01 Å². The van der Waals surface area contributed by atoms with E-state index in [0.29, 0.717) is 13.2 Å². The molecule has 4 nitrogen and oxygen atoms in total. The Bertz CT molecular complexity index is 525. The Morgan fingerprint density at radius 3 is 2.78 bits per heavy atom. The van der Waals surface area contributed by atoms with Crippen molar-refractivity contribution in [2.24, 2.45) is 5.73 Å². The topological polar surface area (TPSA) is 57.4 Å². The molecule has 0 fully saturated rings. The molecule has 1 heterocycles. The van der Waals surface area contributed by atoms with Gasteiger partial charge in [-0.1, -0.05) is 0 Å². The first-order valence-electron chi connectivity index (χ1n) is 5.74. The number of ether oxygens (including phenoxy) is 2. The van der Waals surface area contributed by atoms with Crippen molar-refractivity contribution in [2.45, 2.75) is 13.5 Å². The van der Waals surface area contributed by atoms with Gasteiger partial charge in [-0.05, 0) is 25.1 Å². The van der Waals surface area contributed by atoms with Crippen LogP contribution in [0.5, 0.6) is 11.5 Å². The lowest BCUT2D eigenvalue weighted by Gasteiger charge is -2.10. The standard InChI is InChI=1S/C13H16N2O2S/c1-3-17-11-5-4-9(6-12(11)16-2)10-8-18-13(7-14)15-10/h4-6,8H,3,7,14H2,1-2H3. The van der Waals surface area contributed by atoms with Gasteiger partial charge in [0.05, 0.1) is 19.4 Å². The van der Waals surface area contributed by atoms with E-state index in [1.54, 1.807) is 18.4 Å². The molecular weight excluding hydrogens is 248 g/mol. The van der Waals surface area contributed by atoms with E-state index in [0.717, 1.165) is 27.8 Å². The average Bonchev–Trinajstić information content (AvgIpc) is 2.88. The first-order chi connectivity index (χ1) is 8.78. The molecule has 2 aromatic rings. The highest BCUT2D eigenvalue weighted by Gasteiger charge is 2.09. The number of rotatable bonds is 5. The number of hydrogen-bond acceptors (Lipinski definition) is 5. The largest absolute Gasteiger partial charge is 0.493 e. The van der Waals surface area contributed by atoms with Gasteiger partial charge < -0.3 is 15.2 Å². The minimum Gasteiger partial charge on any atom is -0.493 e. The fraction of sp³-hybridized carbons (Fsp3) is 0.308. The molecule has 2 rings (SSSR count). The smallest absolute Gasteiger partial charge is 0.161 e. The first kappa shape index (κ1) is 12.9. The molecule has 1 aromatic heterocycles. The zero-order chi connectivity index (χ0) is 13.0. The number of nitrogens with zero attached hydrogens (tertiary/aromatic N) is 1. The van der Waals surface area contributed by atoms with Gasteiger partial charge in [0, 0.05) is 17.5 Å². The molecule has 5 heteroatoms. The molecule has 0 aliphatic heterocycles. The Labute approximate surface area is 110 Å². The van der Waals surface area contributed by atoms with Crippen molar-refractivity contribution in [3.63, 3.8) is 0 Å². The van der Waals surface area contributed by atoms with Crippen LogP contribution in [0.2, 0.25) is 0 Å². The second-order valence-corrected chi connectivity index (χ2v) is 4.57. The number of benzene rings is 1. The summed E-state index contributed by atoms with van der Waals surface area (Å²) in [5, 5.41) is 2.93. The van der Waals surface area contributed by atoms with E-state index < -0.39 is 0 Å². The van der Waals surface area contributed by atoms with Crippen LogP contribution in [0.15, 0.2) is 23.6 Å². The summed E-state index contributed by atoms with van der Waals surface area (Å²) in [6, 6.07) is 5.81. The van der Waals surface area contributed by atoms with E-state index >= 15 is 0 Å². The molecule has 0 saturated carbocycles. The second-order valence-electron chi connectivity index (χ2n) is 3.63. The lowest BCUT2D eigenvalue weighted by molar-refractivity contribution is 0.311. The average molecular weight is 264 g/mol. The molecule has 18 heavy (non-hydrogen) atoms. The Kier molecular flexibility index (Phi) is 4.17. The lowest BCUT2D eigenvalue weighted by atomic mass is 10.1. The van der Waals surface area contributed by atoms with Crippen molar-refractivity contribution >= 4 is 11.3 Å². The minimum atomic E-state index is 0.471. The predicted molar refractivity (Wildman–Crippen MR) is 73.2 cm³/mol. The Hall–Kier alpha value is -1.59. The van der Waals surface area contributed by atoms with E-state index in [1.165, 1.54) is 0 Å². The third kappa shape index (κ3) is 2.63. The van der Waals surface area contributed by atoms with Gasteiger partial charge in [0.25, 0.3) is 0 Å². The molecule has 1 aromatic carbocycles. The van der Waals surface area contributed by atoms with Gasteiger partial charge in [-0.2, -0.15) is 0 Å². The van der Waals surface area contributed by atoms with Crippen LogP contribution in [0.25, 0.3) is 11.3 Å². The highest BCUT2D eigenvalue weighted by Crippen LogP contribution is 2.32. The molecule has 0 unspecified atom stereocenters. The van der Waals surface area contributed by atoms with Crippen molar-refractivity contribution < 1.29 is 9.47 Å². The molecule has 0 spiro atoms. The minimum absolute atomic E-state index is 0.471. The number of aromatic nitrogens is 1. The molecule has 96 valence electrons. The molecule has 0 aliphatic carbocycles. The third-order valence-electron chi connectivity index (χ3n) is 2.49. The van der Waals surface area contributed by atoms with Gasteiger partial charge >= 0.3 is 0 Å². The summed E-state index contributed by atoms with van der Waals surface area (Å²) in [6.45, 7) is 3.03. The SMILES string of the molecule is CCOc1ccc(-c2csc(CN)n2)cc1OC. The third-order valence-corrected chi connectivity index (χ3v) is 3.36. The van der Waals surface area contributed by atoms with Gasteiger partial charge in [-0.3, -0.25) is 0 Å². The van der Waals surface area contributed by atoms with Gasteiger partial charge in [-0.15, -0.1) is 11.3 Å². The van der Waals surface area contributed by atoms with Crippen LogP contribution < -0.4 is 15.2 Å².